The van der Waals surface area contributed by atoms with Crippen molar-refractivity contribution in [2.24, 2.45) is 10.4 Å². The van der Waals surface area contributed by atoms with Crippen LogP contribution >= 0.6 is 11.3 Å². The van der Waals surface area contributed by atoms with E-state index >= 15 is 0 Å². The number of rotatable bonds is 5. The molecule has 1 radical (unpaired) electrons. The minimum atomic E-state index is -2.36. The molecule has 3 aromatic heterocycles. The third kappa shape index (κ3) is 7.78. The number of aryl methyl sites for hydroxylation is 1. The molecular formula is C52H46GeIrN2OS-2. The maximum atomic E-state index is 8.80. The number of fused-ring (bicyclic) bond motifs is 7. The predicted molar refractivity (Wildman–Crippen MR) is 246 cm³/mol. The molecule has 0 saturated carbocycles. The molecule has 0 saturated heterocycles. The Hall–Kier alpha value is -4.65. The number of benzene rings is 6. The normalized spacial score (nSPS) is 15.7. The fourth-order valence-corrected chi connectivity index (χ4v) is 11.8. The zero-order valence-corrected chi connectivity index (χ0v) is 38.6. The molecule has 58 heavy (non-hydrogen) atoms. The van der Waals surface area contributed by atoms with Crippen LogP contribution < -0.4 is 4.40 Å². The van der Waals surface area contributed by atoms with Gasteiger partial charge in [0.2, 0.25) is 0 Å². The molecular weight excluding hydrogens is 965 g/mol. The van der Waals surface area contributed by atoms with Crippen molar-refractivity contribution in [2.75, 3.05) is 0 Å². The number of pyridine rings is 1. The molecule has 6 heteroatoms. The van der Waals surface area contributed by atoms with E-state index < -0.39 is 31.9 Å². The van der Waals surface area contributed by atoms with Crippen molar-refractivity contribution in [1.82, 2.24) is 4.98 Å². The number of aliphatic imine (C=N–C) groups is 1. The monoisotopic (exact) mass is 1020 g/mol. The Morgan fingerprint density at radius 1 is 0.810 bits per heavy atom. The second-order valence-electron chi connectivity index (χ2n) is 16.8. The van der Waals surface area contributed by atoms with Crippen LogP contribution in [-0.4, -0.2) is 24.0 Å². The van der Waals surface area contributed by atoms with E-state index in [1.165, 1.54) is 37.4 Å². The molecule has 291 valence electrons. The van der Waals surface area contributed by atoms with Crippen LogP contribution in [0.2, 0.25) is 17.3 Å². The van der Waals surface area contributed by atoms with Gasteiger partial charge in [-0.05, 0) is 47.2 Å². The minimum absolute atomic E-state index is 0. The Labute approximate surface area is 369 Å². The summed E-state index contributed by atoms with van der Waals surface area (Å²) in [4.78, 5) is 9.73. The molecule has 9 aromatic rings. The second-order valence-corrected chi connectivity index (χ2v) is 28.4. The summed E-state index contributed by atoms with van der Waals surface area (Å²) < 4.78 is 50.1. The van der Waals surface area contributed by atoms with Crippen LogP contribution in [0.15, 0.2) is 143 Å². The van der Waals surface area contributed by atoms with Gasteiger partial charge in [-0.25, -0.2) is 0 Å². The zero-order chi connectivity index (χ0) is 43.8. The number of para-hydroxylation sites is 2. The molecule has 6 aromatic carbocycles. The SMILES string of the molecule is [2H]C([2H])([2H])c1c[c-]c(-c2cc(C([2H])([2H])C(C)(C)C)[c]([Ge]([CH3])([CH3])[CH3])cn2)cc1.[Ir].[c-]1ccc2c(oc3ccccc32)c1C1=Nc2ccccc2C1c1ccc2sc3ccccc3c2c1. The van der Waals surface area contributed by atoms with Crippen molar-refractivity contribution in [3.63, 3.8) is 0 Å². The number of thiophene rings is 1. The van der Waals surface area contributed by atoms with Crippen LogP contribution in [0.1, 0.15) is 61.4 Å². The maximum absolute atomic E-state index is 8.80. The van der Waals surface area contributed by atoms with E-state index in [1.54, 1.807) is 12.1 Å². The van der Waals surface area contributed by atoms with Crippen LogP contribution in [0.5, 0.6) is 0 Å². The third-order valence-corrected chi connectivity index (χ3v) is 15.8. The Morgan fingerprint density at radius 3 is 2.34 bits per heavy atom. The van der Waals surface area contributed by atoms with Gasteiger partial charge >= 0.3 is 145 Å². The Morgan fingerprint density at radius 2 is 1.57 bits per heavy atom. The Balaban J connectivity index is 0.000000177. The largest absolute Gasteiger partial charge is 0.501 e. The fraction of sp³-hybridized carbons (Fsp3) is 0.192. The first-order valence-corrected chi connectivity index (χ1v) is 27.5. The van der Waals surface area contributed by atoms with Crippen LogP contribution in [0.25, 0.3) is 53.4 Å². The van der Waals surface area contributed by atoms with E-state index in [9.17, 15) is 0 Å². The maximum Gasteiger partial charge on any atom is 0.120 e. The summed E-state index contributed by atoms with van der Waals surface area (Å²) >= 11 is -0.507. The summed E-state index contributed by atoms with van der Waals surface area (Å²) in [5.41, 5.74) is 8.81. The number of aromatic nitrogens is 1. The van der Waals surface area contributed by atoms with Crippen molar-refractivity contribution in [3.8, 4) is 11.3 Å². The van der Waals surface area contributed by atoms with Gasteiger partial charge in [0.05, 0.1) is 11.3 Å². The fourth-order valence-electron chi connectivity index (χ4n) is 7.81. The predicted octanol–water partition coefficient (Wildman–Crippen LogP) is 14.0. The molecule has 1 atom stereocenters. The summed E-state index contributed by atoms with van der Waals surface area (Å²) in [6, 6.07) is 49.4. The van der Waals surface area contributed by atoms with Crippen LogP contribution in [0, 0.1) is 24.4 Å². The molecule has 1 unspecified atom stereocenters. The smallest absolute Gasteiger partial charge is 0.120 e. The van der Waals surface area contributed by atoms with Gasteiger partial charge in [-0.3, -0.25) is 4.99 Å². The van der Waals surface area contributed by atoms with E-state index in [1.807, 2.05) is 62.6 Å². The van der Waals surface area contributed by atoms with Gasteiger partial charge in [-0.2, -0.15) is 0 Å². The standard InChI is InChI=1S/C32H18NOS.C20H28GeN.Ir/c1-4-13-26-23(10-1)30(19-16-17-29-25(18-19)21-9-3-6-15-28(21)35-29)31(33-26)24-12-7-11-22-20-8-2-5-14-27(20)34-32(22)24;1-15-8-10-16(11-9-15)19-12-17(13-20(2,3)4)18(14-22-19)21(5,6)7;/h1-11,13-18,30H;8-10,12,14H,13H2,1-7H3;/q2*-1;/i;1D3,13D2;. The minimum Gasteiger partial charge on any atom is -0.501 e. The van der Waals surface area contributed by atoms with Crippen molar-refractivity contribution in [2.45, 2.75) is 57.2 Å². The van der Waals surface area contributed by atoms with Crippen molar-refractivity contribution < 1.29 is 31.4 Å². The number of hydrogen-bond donors (Lipinski definition) is 0. The molecule has 1 aliphatic heterocycles. The molecule has 1 aliphatic rings. The van der Waals surface area contributed by atoms with Crippen LogP contribution in [0.4, 0.5) is 5.69 Å². The molecule has 0 bridgehead atoms. The van der Waals surface area contributed by atoms with Gasteiger partial charge in [0.25, 0.3) is 0 Å². The van der Waals surface area contributed by atoms with E-state index in [2.05, 4.69) is 119 Å². The molecule has 0 N–H and O–H groups in total. The van der Waals surface area contributed by atoms with Gasteiger partial charge in [0.1, 0.15) is 5.58 Å². The second kappa shape index (κ2) is 15.8. The molecule has 10 rings (SSSR count). The van der Waals surface area contributed by atoms with Crippen LogP contribution in [0.3, 0.4) is 0 Å². The van der Waals surface area contributed by atoms with Gasteiger partial charge in [0, 0.05) is 51.6 Å². The first kappa shape index (κ1) is 34.2. The molecule has 0 spiro atoms. The van der Waals surface area contributed by atoms with Gasteiger partial charge in [-0.1, -0.05) is 71.6 Å². The zero-order valence-electron chi connectivity index (χ0n) is 38.3. The van der Waals surface area contributed by atoms with Crippen molar-refractivity contribution in [3.05, 3.63) is 174 Å². The van der Waals surface area contributed by atoms with E-state index in [-0.39, 0.29) is 31.6 Å². The van der Waals surface area contributed by atoms with Crippen molar-refractivity contribution in [1.29, 1.82) is 0 Å². The summed E-state index contributed by atoms with van der Waals surface area (Å²) in [5, 5.41) is 4.84. The number of nitrogens with zero attached hydrogens (tertiary/aromatic N) is 2. The topological polar surface area (TPSA) is 38.4 Å². The molecule has 0 fully saturated rings. The first-order chi connectivity index (χ1) is 29.4. The Kier molecular flexibility index (Phi) is 9.35. The molecule has 0 aliphatic carbocycles. The molecule has 0 amide bonds. The first-order valence-electron chi connectivity index (χ1n) is 21.8. The summed E-state index contributed by atoms with van der Waals surface area (Å²) in [6.45, 7) is 3.55. The number of furan rings is 1. The van der Waals surface area contributed by atoms with Gasteiger partial charge < -0.3 is 4.42 Å². The summed E-state index contributed by atoms with van der Waals surface area (Å²) in [5.74, 6) is 6.71. The third-order valence-electron chi connectivity index (χ3n) is 10.4. The summed E-state index contributed by atoms with van der Waals surface area (Å²) in [6.07, 6.45) is 0.303. The Bertz CT molecular complexity index is 3190. The molecule has 3 nitrogen and oxygen atoms in total. The average molecular weight is 1020 g/mol. The van der Waals surface area contributed by atoms with E-state index in [4.69, 9.17) is 16.3 Å². The average Bonchev–Trinajstić information content (AvgIpc) is 3.94. The quantitative estimate of drug-likeness (QED) is 0.127. The van der Waals surface area contributed by atoms with E-state index in [0.29, 0.717) is 16.8 Å². The molecule has 4 heterocycles. The van der Waals surface area contributed by atoms with Gasteiger partial charge in [-0.15, -0.1) is 29.5 Å². The summed E-state index contributed by atoms with van der Waals surface area (Å²) in [7, 11) is 0. The number of hydrogen-bond acceptors (Lipinski definition) is 4. The van der Waals surface area contributed by atoms with Crippen LogP contribution in [-0.2, 0) is 26.5 Å². The van der Waals surface area contributed by atoms with E-state index in [0.717, 1.165) is 43.3 Å². The van der Waals surface area contributed by atoms with Gasteiger partial charge in [0.15, 0.2) is 0 Å². The van der Waals surface area contributed by atoms with Crippen molar-refractivity contribution >= 4 is 82.5 Å².